The first-order valence-corrected chi connectivity index (χ1v) is 4.97. The van der Waals surface area contributed by atoms with E-state index in [1.807, 2.05) is 0 Å². The molecule has 0 unspecified atom stereocenters. The van der Waals surface area contributed by atoms with Gasteiger partial charge in [-0.05, 0) is 12.0 Å². The maximum atomic E-state index is 12.8. The molecule has 0 aromatic heterocycles. The predicted octanol–water partition coefficient (Wildman–Crippen LogP) is 2.50. The van der Waals surface area contributed by atoms with Gasteiger partial charge in [-0.1, -0.05) is 0 Å². The van der Waals surface area contributed by atoms with E-state index >= 15 is 0 Å². The summed E-state index contributed by atoms with van der Waals surface area (Å²) in [6, 6.07) is 1.49. The lowest BCUT2D eigenvalue weighted by Gasteiger charge is -2.21. The van der Waals surface area contributed by atoms with E-state index in [9.17, 15) is 28.1 Å². The van der Waals surface area contributed by atoms with Crippen molar-refractivity contribution in [3.8, 4) is 0 Å². The molecule has 0 aliphatic carbocycles. The van der Waals surface area contributed by atoms with Gasteiger partial charge in [0, 0.05) is 18.6 Å². The fraction of sp³-hybridized carbons (Fsp3) is 0.300. The van der Waals surface area contributed by atoms with Crippen molar-refractivity contribution in [2.45, 2.75) is 19.0 Å². The van der Waals surface area contributed by atoms with Gasteiger partial charge in [-0.15, -0.1) is 0 Å². The summed E-state index contributed by atoms with van der Waals surface area (Å²) in [5.74, 6) is -0.526. The third-order valence-electron chi connectivity index (χ3n) is 2.61. The van der Waals surface area contributed by atoms with Crippen molar-refractivity contribution in [2.24, 2.45) is 0 Å². The average molecular weight is 260 g/mol. The number of non-ortho nitro benzene ring substituents is 1. The number of anilines is 1. The van der Waals surface area contributed by atoms with Crippen LogP contribution in [0.2, 0.25) is 0 Å². The van der Waals surface area contributed by atoms with E-state index < -0.39 is 28.3 Å². The van der Waals surface area contributed by atoms with Crippen LogP contribution in [0.25, 0.3) is 0 Å². The highest BCUT2D eigenvalue weighted by atomic mass is 19.4. The Hall–Kier alpha value is -2.12. The molecule has 8 heteroatoms. The van der Waals surface area contributed by atoms with Gasteiger partial charge >= 0.3 is 6.18 Å². The van der Waals surface area contributed by atoms with E-state index in [1.165, 1.54) is 0 Å². The smallest absolute Gasteiger partial charge is 0.325 e. The van der Waals surface area contributed by atoms with Crippen LogP contribution < -0.4 is 5.32 Å². The lowest BCUT2D eigenvalue weighted by molar-refractivity contribution is -0.385. The average Bonchev–Trinajstić information content (AvgIpc) is 2.26. The van der Waals surface area contributed by atoms with Gasteiger partial charge < -0.3 is 5.32 Å². The molecule has 96 valence electrons. The zero-order valence-electron chi connectivity index (χ0n) is 8.87. The quantitative estimate of drug-likeness (QED) is 0.622. The van der Waals surface area contributed by atoms with Gasteiger partial charge in [0.05, 0.1) is 16.2 Å². The number of nitrogens with one attached hydrogen (secondary N) is 1. The van der Waals surface area contributed by atoms with E-state index in [0.717, 1.165) is 6.07 Å². The Morgan fingerprint density at radius 1 is 1.28 bits per heavy atom. The molecule has 1 aromatic rings. The van der Waals surface area contributed by atoms with Crippen LogP contribution in [0, 0.1) is 10.1 Å². The van der Waals surface area contributed by atoms with Crippen LogP contribution in [-0.4, -0.2) is 10.8 Å². The first kappa shape index (κ1) is 12.3. The van der Waals surface area contributed by atoms with Crippen LogP contribution >= 0.6 is 0 Å². The summed E-state index contributed by atoms with van der Waals surface area (Å²) in [6.45, 7) is 0. The Morgan fingerprint density at radius 2 is 1.94 bits per heavy atom. The summed E-state index contributed by atoms with van der Waals surface area (Å²) in [6.07, 6.45) is -4.67. The molecule has 0 fully saturated rings. The van der Waals surface area contributed by atoms with Crippen LogP contribution in [0.4, 0.5) is 24.5 Å². The molecule has 0 saturated heterocycles. The second kappa shape index (κ2) is 3.97. The minimum absolute atomic E-state index is 0.0193. The summed E-state index contributed by atoms with van der Waals surface area (Å²) >= 11 is 0. The lowest BCUT2D eigenvalue weighted by Crippen LogP contribution is -2.23. The molecule has 1 heterocycles. The Labute approximate surface area is 98.7 Å². The van der Waals surface area contributed by atoms with E-state index in [2.05, 4.69) is 5.32 Å². The molecule has 1 amide bonds. The van der Waals surface area contributed by atoms with Crippen LogP contribution in [-0.2, 0) is 17.4 Å². The summed E-state index contributed by atoms with van der Waals surface area (Å²) in [7, 11) is 0. The van der Waals surface area contributed by atoms with Crippen molar-refractivity contribution in [1.82, 2.24) is 0 Å². The van der Waals surface area contributed by atoms with Crippen molar-refractivity contribution >= 4 is 17.3 Å². The van der Waals surface area contributed by atoms with Crippen LogP contribution in [0.1, 0.15) is 17.5 Å². The maximum Gasteiger partial charge on any atom is 0.418 e. The number of benzene rings is 1. The monoisotopic (exact) mass is 260 g/mol. The summed E-state index contributed by atoms with van der Waals surface area (Å²) in [5, 5.41) is 12.7. The second-order valence-electron chi connectivity index (χ2n) is 3.83. The fourth-order valence-corrected chi connectivity index (χ4v) is 1.81. The van der Waals surface area contributed by atoms with Crippen molar-refractivity contribution in [3.05, 3.63) is 33.4 Å². The molecule has 18 heavy (non-hydrogen) atoms. The number of carbonyl (C=O) groups is 1. The van der Waals surface area contributed by atoms with E-state index in [1.54, 1.807) is 0 Å². The molecule has 1 N–H and O–H groups in total. The van der Waals surface area contributed by atoms with E-state index in [4.69, 9.17) is 0 Å². The molecule has 0 bridgehead atoms. The van der Waals surface area contributed by atoms with Gasteiger partial charge in [-0.3, -0.25) is 14.9 Å². The van der Waals surface area contributed by atoms with Crippen molar-refractivity contribution in [2.75, 3.05) is 5.32 Å². The van der Waals surface area contributed by atoms with Gasteiger partial charge in [0.2, 0.25) is 5.91 Å². The van der Waals surface area contributed by atoms with Gasteiger partial charge in [0.15, 0.2) is 0 Å². The molecule has 1 aliphatic heterocycles. The number of aryl methyl sites for hydroxylation is 1. The summed E-state index contributed by atoms with van der Waals surface area (Å²) in [5.41, 5.74) is -2.04. The minimum Gasteiger partial charge on any atom is -0.325 e. The molecule has 0 saturated carbocycles. The van der Waals surface area contributed by atoms with Crippen molar-refractivity contribution < 1.29 is 22.9 Å². The fourth-order valence-electron chi connectivity index (χ4n) is 1.81. The number of amides is 1. The molecule has 5 nitrogen and oxygen atoms in total. The lowest BCUT2D eigenvalue weighted by atomic mass is 9.98. The number of fused-ring (bicyclic) bond motifs is 1. The highest BCUT2D eigenvalue weighted by molar-refractivity contribution is 5.95. The normalized spacial score (nSPS) is 14.9. The highest BCUT2D eigenvalue weighted by Crippen LogP contribution is 2.40. The minimum atomic E-state index is -4.75. The number of hydrogen-bond acceptors (Lipinski definition) is 3. The van der Waals surface area contributed by atoms with Gasteiger partial charge in [0.25, 0.3) is 5.69 Å². The highest BCUT2D eigenvalue weighted by Gasteiger charge is 2.38. The van der Waals surface area contributed by atoms with Crippen molar-refractivity contribution in [3.63, 3.8) is 0 Å². The van der Waals surface area contributed by atoms with Crippen LogP contribution in [0.15, 0.2) is 12.1 Å². The molecular formula is C10H7F3N2O3. The number of carbonyl (C=O) groups excluding carboxylic acids is 1. The SMILES string of the molecule is O=C1CCc2cc([N+](=O)[O-])cc(C(F)(F)F)c2N1. The molecule has 1 aromatic carbocycles. The number of halogens is 3. The predicted molar refractivity (Wildman–Crippen MR) is 55.0 cm³/mol. The number of rotatable bonds is 1. The molecule has 2 rings (SSSR count). The zero-order valence-corrected chi connectivity index (χ0v) is 8.87. The molecule has 0 atom stereocenters. The maximum absolute atomic E-state index is 12.8. The van der Waals surface area contributed by atoms with Crippen molar-refractivity contribution in [1.29, 1.82) is 0 Å². The first-order valence-electron chi connectivity index (χ1n) is 4.97. The summed E-state index contributed by atoms with van der Waals surface area (Å²) < 4.78 is 38.3. The zero-order chi connectivity index (χ0) is 13.5. The Kier molecular flexibility index (Phi) is 2.72. The van der Waals surface area contributed by atoms with Gasteiger partial charge in [0.1, 0.15) is 0 Å². The van der Waals surface area contributed by atoms with Gasteiger partial charge in [-0.25, -0.2) is 0 Å². The summed E-state index contributed by atoms with van der Waals surface area (Å²) in [4.78, 5) is 20.8. The topological polar surface area (TPSA) is 72.2 Å². The third kappa shape index (κ3) is 2.13. The standard InChI is InChI=1S/C10H7F3N2O3/c11-10(12,13)7-4-6(15(17)18)3-5-1-2-8(16)14-9(5)7/h3-4H,1-2H2,(H,14,16). The van der Waals surface area contributed by atoms with E-state index in [0.29, 0.717) is 6.07 Å². The third-order valence-corrected chi connectivity index (χ3v) is 2.61. The number of nitrogens with zero attached hydrogens (tertiary/aromatic N) is 1. The molecule has 0 spiro atoms. The van der Waals surface area contributed by atoms with Crippen LogP contribution in [0.5, 0.6) is 0 Å². The number of nitro benzene ring substituents is 1. The Bertz CT molecular complexity index is 540. The first-order chi connectivity index (χ1) is 8.29. The Morgan fingerprint density at radius 3 is 2.50 bits per heavy atom. The second-order valence-corrected chi connectivity index (χ2v) is 3.83. The number of alkyl halides is 3. The molecule has 0 radical (unpaired) electrons. The van der Waals surface area contributed by atoms with Crippen LogP contribution in [0.3, 0.4) is 0 Å². The van der Waals surface area contributed by atoms with Gasteiger partial charge in [-0.2, -0.15) is 13.2 Å². The van der Waals surface area contributed by atoms with E-state index in [-0.39, 0.29) is 24.1 Å². The number of hydrogen-bond donors (Lipinski definition) is 1. The largest absolute Gasteiger partial charge is 0.418 e. The Balaban J connectivity index is 2.65. The number of nitro groups is 1. The molecule has 1 aliphatic rings. The molecular weight excluding hydrogens is 253 g/mol.